The Hall–Kier alpha value is -2.53. The maximum Gasteiger partial charge on any atom is 0.256 e. The predicted molar refractivity (Wildman–Crippen MR) is 98.4 cm³/mol. The fraction of sp³-hybridized carbons (Fsp3) is 0.263. The third-order valence-electron chi connectivity index (χ3n) is 4.10. The molecule has 2 amide bonds. The molecule has 0 saturated carbocycles. The molecule has 1 N–H and O–H groups in total. The number of anilines is 2. The lowest BCUT2D eigenvalue weighted by molar-refractivity contribution is -0.121. The van der Waals surface area contributed by atoms with Gasteiger partial charge in [0.2, 0.25) is 5.91 Å². The smallest absolute Gasteiger partial charge is 0.256 e. The second-order valence-corrected chi connectivity index (χ2v) is 6.57. The zero-order valence-electron chi connectivity index (χ0n) is 14.3. The van der Waals surface area contributed by atoms with Crippen molar-refractivity contribution < 1.29 is 14.3 Å². The van der Waals surface area contributed by atoms with Gasteiger partial charge >= 0.3 is 0 Å². The first-order valence-corrected chi connectivity index (χ1v) is 8.32. The highest BCUT2D eigenvalue weighted by Gasteiger charge is 2.39. The molecule has 130 valence electrons. The van der Waals surface area contributed by atoms with Crippen LogP contribution >= 0.6 is 11.6 Å². The first-order chi connectivity index (χ1) is 11.9. The van der Waals surface area contributed by atoms with E-state index in [4.69, 9.17) is 16.3 Å². The van der Waals surface area contributed by atoms with Crippen LogP contribution in [0.4, 0.5) is 11.4 Å². The van der Waals surface area contributed by atoms with E-state index in [1.54, 1.807) is 18.2 Å². The Morgan fingerprint density at radius 2 is 1.80 bits per heavy atom. The predicted octanol–water partition coefficient (Wildman–Crippen LogP) is 3.71. The van der Waals surface area contributed by atoms with Gasteiger partial charge in [0.05, 0.1) is 24.2 Å². The van der Waals surface area contributed by atoms with Crippen LogP contribution in [0, 0.1) is 13.8 Å². The summed E-state index contributed by atoms with van der Waals surface area (Å²) in [7, 11) is 1.51. The van der Waals surface area contributed by atoms with Crippen molar-refractivity contribution in [1.29, 1.82) is 0 Å². The van der Waals surface area contributed by atoms with Crippen molar-refractivity contribution in [1.82, 2.24) is 0 Å². The number of aryl methyl sites for hydroxylation is 2. The minimum atomic E-state index is -0.588. The van der Waals surface area contributed by atoms with Crippen LogP contribution in [0.15, 0.2) is 36.4 Å². The summed E-state index contributed by atoms with van der Waals surface area (Å²) in [5, 5.41) is 3.52. The lowest BCUT2D eigenvalue weighted by atomic mass is 10.1. The van der Waals surface area contributed by atoms with Crippen LogP contribution in [0.25, 0.3) is 0 Å². The van der Waals surface area contributed by atoms with E-state index < -0.39 is 6.04 Å². The molecular formula is C19H19ClN2O3. The zero-order valence-corrected chi connectivity index (χ0v) is 15.1. The lowest BCUT2D eigenvalue weighted by Gasteiger charge is -2.17. The van der Waals surface area contributed by atoms with Gasteiger partial charge < -0.3 is 10.1 Å². The van der Waals surface area contributed by atoms with Gasteiger partial charge in [-0.2, -0.15) is 0 Å². The largest absolute Gasteiger partial charge is 0.495 e. The van der Waals surface area contributed by atoms with Gasteiger partial charge in [-0.15, -0.1) is 0 Å². The van der Waals surface area contributed by atoms with Crippen LogP contribution in [0.2, 0.25) is 5.02 Å². The Morgan fingerprint density at radius 1 is 1.12 bits per heavy atom. The van der Waals surface area contributed by atoms with Crippen LogP contribution in [0.1, 0.15) is 17.5 Å². The number of rotatable bonds is 4. The fourth-order valence-electron chi connectivity index (χ4n) is 3.07. The van der Waals surface area contributed by atoms with E-state index in [9.17, 15) is 9.59 Å². The van der Waals surface area contributed by atoms with Crippen LogP contribution < -0.4 is 15.0 Å². The zero-order chi connectivity index (χ0) is 18.1. The number of hydrogen-bond donors (Lipinski definition) is 1. The Labute approximate surface area is 151 Å². The monoisotopic (exact) mass is 358 g/mol. The molecule has 1 aliphatic heterocycles. The summed E-state index contributed by atoms with van der Waals surface area (Å²) in [4.78, 5) is 26.3. The van der Waals surface area contributed by atoms with Gasteiger partial charge in [0.15, 0.2) is 0 Å². The molecule has 0 bridgehead atoms. The average Bonchev–Trinajstić information content (AvgIpc) is 2.80. The number of ether oxygens (including phenoxy) is 1. The van der Waals surface area contributed by atoms with E-state index in [1.165, 1.54) is 12.0 Å². The molecule has 6 heteroatoms. The number of nitrogens with one attached hydrogen (secondary N) is 1. The SMILES string of the molecule is COc1ccc(N2C(=O)C[C@@H](Nc3cc(C)cc(C)c3)C2=O)cc1Cl. The van der Waals surface area contributed by atoms with E-state index >= 15 is 0 Å². The highest BCUT2D eigenvalue weighted by molar-refractivity contribution is 6.33. The molecule has 1 aliphatic rings. The summed E-state index contributed by atoms with van der Waals surface area (Å²) < 4.78 is 5.11. The van der Waals surface area contributed by atoms with Gasteiger partial charge in [0.25, 0.3) is 5.91 Å². The number of imide groups is 1. The maximum absolute atomic E-state index is 12.7. The molecule has 3 rings (SSSR count). The number of benzene rings is 2. The second-order valence-electron chi connectivity index (χ2n) is 6.16. The normalized spacial score (nSPS) is 17.1. The van der Waals surface area contributed by atoms with Crippen molar-refractivity contribution in [3.8, 4) is 5.75 Å². The Kier molecular flexibility index (Phi) is 4.68. The summed E-state index contributed by atoms with van der Waals surface area (Å²) in [6.07, 6.45) is 0.107. The molecule has 2 aromatic rings. The lowest BCUT2D eigenvalue weighted by Crippen LogP contribution is -2.34. The van der Waals surface area contributed by atoms with E-state index in [1.807, 2.05) is 26.0 Å². The van der Waals surface area contributed by atoms with E-state index in [2.05, 4.69) is 11.4 Å². The van der Waals surface area contributed by atoms with Crippen LogP contribution in [-0.4, -0.2) is 25.0 Å². The number of amides is 2. The summed E-state index contributed by atoms with van der Waals surface area (Å²) >= 11 is 6.11. The number of hydrogen-bond acceptors (Lipinski definition) is 4. The number of carbonyl (C=O) groups is 2. The van der Waals surface area contributed by atoms with E-state index in [0.29, 0.717) is 16.5 Å². The first kappa shape index (κ1) is 17.3. The maximum atomic E-state index is 12.7. The van der Waals surface area contributed by atoms with Gasteiger partial charge in [0, 0.05) is 5.69 Å². The number of carbonyl (C=O) groups excluding carboxylic acids is 2. The Bertz CT molecular complexity index is 830. The van der Waals surface area contributed by atoms with Crippen molar-refractivity contribution in [2.24, 2.45) is 0 Å². The van der Waals surface area contributed by atoms with Gasteiger partial charge in [0.1, 0.15) is 11.8 Å². The molecule has 1 atom stereocenters. The molecule has 25 heavy (non-hydrogen) atoms. The molecule has 0 unspecified atom stereocenters. The quantitative estimate of drug-likeness (QED) is 0.846. The van der Waals surface area contributed by atoms with Crippen molar-refractivity contribution in [2.75, 3.05) is 17.3 Å². The molecule has 1 heterocycles. The summed E-state index contributed by atoms with van der Waals surface area (Å²) in [5.41, 5.74) is 3.47. The van der Waals surface area contributed by atoms with Gasteiger partial charge in [-0.05, 0) is 55.3 Å². The van der Waals surface area contributed by atoms with E-state index in [-0.39, 0.29) is 18.2 Å². The number of nitrogens with zero attached hydrogens (tertiary/aromatic N) is 1. The minimum absolute atomic E-state index is 0.107. The van der Waals surface area contributed by atoms with Gasteiger partial charge in [-0.3, -0.25) is 9.59 Å². The average molecular weight is 359 g/mol. The van der Waals surface area contributed by atoms with Crippen molar-refractivity contribution in [3.05, 3.63) is 52.5 Å². The van der Waals surface area contributed by atoms with Crippen LogP contribution in [0.3, 0.4) is 0 Å². The topological polar surface area (TPSA) is 58.6 Å². The molecule has 1 fully saturated rings. The third-order valence-corrected chi connectivity index (χ3v) is 4.40. The Morgan fingerprint density at radius 3 is 2.40 bits per heavy atom. The summed E-state index contributed by atoms with van der Waals surface area (Å²) in [6, 6.07) is 10.2. The first-order valence-electron chi connectivity index (χ1n) is 7.94. The highest BCUT2D eigenvalue weighted by Crippen LogP contribution is 2.32. The molecule has 0 spiro atoms. The van der Waals surface area contributed by atoms with Crippen molar-refractivity contribution in [3.63, 3.8) is 0 Å². The molecular weight excluding hydrogens is 340 g/mol. The van der Waals surface area contributed by atoms with Gasteiger partial charge in [-0.1, -0.05) is 17.7 Å². The molecule has 0 aromatic heterocycles. The summed E-state index contributed by atoms with van der Waals surface area (Å²) in [6.45, 7) is 3.98. The third kappa shape index (κ3) is 3.46. The van der Waals surface area contributed by atoms with E-state index in [0.717, 1.165) is 16.8 Å². The minimum Gasteiger partial charge on any atom is -0.495 e. The number of halogens is 1. The molecule has 0 aliphatic carbocycles. The molecule has 2 aromatic carbocycles. The molecule has 5 nitrogen and oxygen atoms in total. The Balaban J connectivity index is 1.83. The van der Waals surface area contributed by atoms with Crippen molar-refractivity contribution in [2.45, 2.75) is 26.3 Å². The second kappa shape index (κ2) is 6.76. The van der Waals surface area contributed by atoms with Crippen molar-refractivity contribution >= 4 is 34.8 Å². The summed E-state index contributed by atoms with van der Waals surface area (Å²) in [5.74, 6) is -0.0482. The highest BCUT2D eigenvalue weighted by atomic mass is 35.5. The molecule has 1 saturated heterocycles. The number of methoxy groups -OCH3 is 1. The molecule has 0 radical (unpaired) electrons. The fourth-order valence-corrected chi connectivity index (χ4v) is 3.32. The standard InChI is InChI=1S/C19H19ClN2O3/c1-11-6-12(2)8-13(7-11)21-16-10-18(23)22(19(16)24)14-4-5-17(25-3)15(20)9-14/h4-9,16,21H,10H2,1-3H3/t16-/m1/s1. The van der Waals surface area contributed by atoms with Crippen LogP contribution in [-0.2, 0) is 9.59 Å². The van der Waals surface area contributed by atoms with Crippen LogP contribution in [0.5, 0.6) is 5.75 Å². The van der Waals surface area contributed by atoms with Gasteiger partial charge in [-0.25, -0.2) is 4.90 Å².